The maximum Gasteiger partial charge on any atom is 0.128 e. The number of pyridine rings is 1. The molecule has 1 saturated heterocycles. The maximum absolute atomic E-state index is 5.48. The predicted molar refractivity (Wildman–Crippen MR) is 68.8 cm³/mol. The summed E-state index contributed by atoms with van der Waals surface area (Å²) in [4.78, 5) is 6.58. The van der Waals surface area contributed by atoms with Gasteiger partial charge in [-0.15, -0.1) is 0 Å². The molecule has 16 heavy (non-hydrogen) atoms. The highest BCUT2D eigenvalue weighted by atomic mass is 79.9. The van der Waals surface area contributed by atoms with Crippen LogP contribution in [-0.4, -0.2) is 31.8 Å². The third kappa shape index (κ3) is 3.19. The Morgan fingerprint density at radius 1 is 1.56 bits per heavy atom. The molecule has 0 bridgehead atoms. The van der Waals surface area contributed by atoms with Crippen molar-refractivity contribution in [3.05, 3.63) is 22.8 Å². The summed E-state index contributed by atoms with van der Waals surface area (Å²) in [5, 5.41) is 0. The van der Waals surface area contributed by atoms with E-state index in [1.165, 1.54) is 12.8 Å². The summed E-state index contributed by atoms with van der Waals surface area (Å²) in [6.07, 6.45) is 4.29. The maximum atomic E-state index is 5.48. The molecular formula is C12H17BrN2O. The summed E-state index contributed by atoms with van der Waals surface area (Å²) < 4.78 is 6.50. The number of hydrogen-bond donors (Lipinski definition) is 0. The summed E-state index contributed by atoms with van der Waals surface area (Å²) in [6, 6.07) is 4.06. The van der Waals surface area contributed by atoms with Crippen LogP contribution < -0.4 is 4.90 Å². The lowest BCUT2D eigenvalue weighted by atomic mass is 10.0. The zero-order chi connectivity index (χ0) is 11.4. The second kappa shape index (κ2) is 5.64. The van der Waals surface area contributed by atoms with E-state index in [1.54, 1.807) is 0 Å². The van der Waals surface area contributed by atoms with Crippen LogP contribution in [0, 0.1) is 5.92 Å². The van der Waals surface area contributed by atoms with E-state index in [4.69, 9.17) is 4.74 Å². The number of anilines is 1. The average molecular weight is 285 g/mol. The van der Waals surface area contributed by atoms with Crippen molar-refractivity contribution < 1.29 is 4.74 Å². The summed E-state index contributed by atoms with van der Waals surface area (Å²) in [5.74, 6) is 1.66. The average Bonchev–Trinajstić information content (AvgIpc) is 2.31. The molecule has 1 unspecified atom stereocenters. The van der Waals surface area contributed by atoms with Crippen molar-refractivity contribution in [2.45, 2.75) is 12.8 Å². The van der Waals surface area contributed by atoms with Gasteiger partial charge in [-0.25, -0.2) is 4.98 Å². The first-order valence-electron chi connectivity index (χ1n) is 5.66. The highest BCUT2D eigenvalue weighted by Gasteiger charge is 2.16. The number of aromatic nitrogens is 1. The number of halogens is 1. The Kier molecular flexibility index (Phi) is 4.18. The largest absolute Gasteiger partial charge is 0.381 e. The topological polar surface area (TPSA) is 25.4 Å². The van der Waals surface area contributed by atoms with E-state index in [0.29, 0.717) is 5.92 Å². The van der Waals surface area contributed by atoms with Gasteiger partial charge in [-0.05, 0) is 46.8 Å². The van der Waals surface area contributed by atoms with Gasteiger partial charge in [0.25, 0.3) is 0 Å². The van der Waals surface area contributed by atoms with E-state index in [9.17, 15) is 0 Å². The molecule has 0 N–H and O–H groups in total. The first-order valence-corrected chi connectivity index (χ1v) is 6.45. The van der Waals surface area contributed by atoms with Gasteiger partial charge in [0.1, 0.15) is 5.82 Å². The molecule has 0 saturated carbocycles. The fraction of sp³-hybridized carbons (Fsp3) is 0.583. The SMILES string of the molecule is CN(CC1CCCOC1)c1ccc(Br)cn1. The van der Waals surface area contributed by atoms with E-state index >= 15 is 0 Å². The Morgan fingerprint density at radius 2 is 2.44 bits per heavy atom. The first kappa shape index (κ1) is 11.9. The molecule has 0 aromatic carbocycles. The van der Waals surface area contributed by atoms with Gasteiger partial charge in [-0.3, -0.25) is 0 Å². The number of nitrogens with zero attached hydrogens (tertiary/aromatic N) is 2. The van der Waals surface area contributed by atoms with Crippen LogP contribution in [0.1, 0.15) is 12.8 Å². The van der Waals surface area contributed by atoms with Gasteiger partial charge in [0.05, 0.1) is 6.61 Å². The van der Waals surface area contributed by atoms with Crippen molar-refractivity contribution in [2.24, 2.45) is 5.92 Å². The minimum atomic E-state index is 0.643. The van der Waals surface area contributed by atoms with Gasteiger partial charge >= 0.3 is 0 Å². The molecule has 1 aliphatic rings. The van der Waals surface area contributed by atoms with Crippen LogP contribution in [0.15, 0.2) is 22.8 Å². The Balaban J connectivity index is 1.91. The zero-order valence-corrected chi connectivity index (χ0v) is 11.1. The number of ether oxygens (including phenoxy) is 1. The van der Waals surface area contributed by atoms with Crippen molar-refractivity contribution in [3.63, 3.8) is 0 Å². The van der Waals surface area contributed by atoms with Gasteiger partial charge in [-0.1, -0.05) is 0 Å². The van der Waals surface area contributed by atoms with Gasteiger partial charge in [0, 0.05) is 30.9 Å². The molecule has 1 fully saturated rings. The van der Waals surface area contributed by atoms with Gasteiger partial charge in [-0.2, -0.15) is 0 Å². The van der Waals surface area contributed by atoms with E-state index in [0.717, 1.165) is 30.0 Å². The van der Waals surface area contributed by atoms with Crippen molar-refractivity contribution in [1.29, 1.82) is 0 Å². The minimum Gasteiger partial charge on any atom is -0.381 e. The number of hydrogen-bond acceptors (Lipinski definition) is 3. The van der Waals surface area contributed by atoms with Crippen molar-refractivity contribution in [2.75, 3.05) is 31.7 Å². The molecular weight excluding hydrogens is 268 g/mol. The van der Waals surface area contributed by atoms with E-state index < -0.39 is 0 Å². The predicted octanol–water partition coefficient (Wildman–Crippen LogP) is 2.71. The van der Waals surface area contributed by atoms with E-state index in [-0.39, 0.29) is 0 Å². The van der Waals surface area contributed by atoms with Gasteiger partial charge in [0.15, 0.2) is 0 Å². The lowest BCUT2D eigenvalue weighted by Crippen LogP contribution is -2.31. The first-order chi connectivity index (χ1) is 7.75. The molecule has 1 aromatic heterocycles. The fourth-order valence-electron chi connectivity index (χ4n) is 2.03. The monoisotopic (exact) mass is 284 g/mol. The Bertz CT molecular complexity index is 322. The molecule has 0 radical (unpaired) electrons. The minimum absolute atomic E-state index is 0.643. The van der Waals surface area contributed by atoms with Crippen molar-refractivity contribution in [1.82, 2.24) is 4.98 Å². The third-order valence-electron chi connectivity index (χ3n) is 2.89. The van der Waals surface area contributed by atoms with Crippen LogP contribution in [0.2, 0.25) is 0 Å². The molecule has 88 valence electrons. The normalized spacial score (nSPS) is 20.8. The quantitative estimate of drug-likeness (QED) is 0.854. The molecule has 1 aromatic rings. The van der Waals surface area contributed by atoms with E-state index in [1.807, 2.05) is 18.3 Å². The Labute approximate surface area is 105 Å². The highest BCUT2D eigenvalue weighted by Crippen LogP contribution is 2.18. The van der Waals surface area contributed by atoms with E-state index in [2.05, 4.69) is 32.9 Å². The summed E-state index contributed by atoms with van der Waals surface area (Å²) in [6.45, 7) is 2.84. The number of rotatable bonds is 3. The van der Waals surface area contributed by atoms with Crippen LogP contribution in [0.25, 0.3) is 0 Å². The molecule has 4 heteroatoms. The summed E-state index contributed by atoms with van der Waals surface area (Å²) in [5.41, 5.74) is 0. The molecule has 2 rings (SSSR count). The second-order valence-corrected chi connectivity index (χ2v) is 5.21. The molecule has 0 amide bonds. The Morgan fingerprint density at radius 3 is 3.06 bits per heavy atom. The standard InChI is InChI=1S/C12H17BrN2O/c1-15(8-10-3-2-6-16-9-10)12-5-4-11(13)7-14-12/h4-5,7,10H,2-3,6,8-9H2,1H3. The smallest absolute Gasteiger partial charge is 0.128 e. The van der Waals surface area contributed by atoms with Crippen molar-refractivity contribution >= 4 is 21.7 Å². The lowest BCUT2D eigenvalue weighted by Gasteiger charge is -2.27. The second-order valence-electron chi connectivity index (χ2n) is 4.30. The molecule has 2 heterocycles. The molecule has 0 aliphatic carbocycles. The molecule has 3 nitrogen and oxygen atoms in total. The summed E-state index contributed by atoms with van der Waals surface area (Å²) in [7, 11) is 2.09. The molecule has 1 atom stereocenters. The third-order valence-corrected chi connectivity index (χ3v) is 3.36. The van der Waals surface area contributed by atoms with Crippen LogP contribution in [-0.2, 0) is 4.74 Å². The van der Waals surface area contributed by atoms with Gasteiger partial charge in [0.2, 0.25) is 0 Å². The van der Waals surface area contributed by atoms with Crippen LogP contribution >= 0.6 is 15.9 Å². The highest BCUT2D eigenvalue weighted by molar-refractivity contribution is 9.10. The molecule has 0 spiro atoms. The Hall–Kier alpha value is -0.610. The van der Waals surface area contributed by atoms with Crippen LogP contribution in [0.3, 0.4) is 0 Å². The zero-order valence-electron chi connectivity index (χ0n) is 9.53. The summed E-state index contributed by atoms with van der Waals surface area (Å²) >= 11 is 3.39. The van der Waals surface area contributed by atoms with Crippen LogP contribution in [0.4, 0.5) is 5.82 Å². The fourth-order valence-corrected chi connectivity index (χ4v) is 2.26. The van der Waals surface area contributed by atoms with Crippen LogP contribution in [0.5, 0.6) is 0 Å². The molecule has 1 aliphatic heterocycles. The van der Waals surface area contributed by atoms with Crippen molar-refractivity contribution in [3.8, 4) is 0 Å². The van der Waals surface area contributed by atoms with Gasteiger partial charge < -0.3 is 9.64 Å². The lowest BCUT2D eigenvalue weighted by molar-refractivity contribution is 0.0576.